The van der Waals surface area contributed by atoms with E-state index in [1.807, 2.05) is 4.90 Å². The Bertz CT molecular complexity index is 423. The third-order valence-electron chi connectivity index (χ3n) is 3.05. The second-order valence-electron chi connectivity index (χ2n) is 4.69. The lowest BCUT2D eigenvalue weighted by Gasteiger charge is -2.18. The maximum atomic E-state index is 11.5. The molecule has 1 aliphatic heterocycles. The summed E-state index contributed by atoms with van der Waals surface area (Å²) in [5, 5.41) is 6.07. The Labute approximate surface area is 118 Å². The van der Waals surface area contributed by atoms with E-state index in [1.165, 1.54) is 0 Å². The summed E-state index contributed by atoms with van der Waals surface area (Å²) in [5.41, 5.74) is 1.02. The van der Waals surface area contributed by atoms with Crippen LogP contribution >= 0.6 is 0 Å². The Morgan fingerprint density at radius 3 is 3.00 bits per heavy atom. The van der Waals surface area contributed by atoms with Gasteiger partial charge in [0, 0.05) is 51.2 Å². The van der Waals surface area contributed by atoms with E-state index in [9.17, 15) is 4.79 Å². The van der Waals surface area contributed by atoms with E-state index >= 15 is 0 Å². The van der Waals surface area contributed by atoms with Gasteiger partial charge >= 0.3 is 0 Å². The largest absolute Gasteiger partial charge is 0.383 e. The number of amides is 1. The van der Waals surface area contributed by atoms with Gasteiger partial charge in [-0.2, -0.15) is 0 Å². The number of carbonyl (C=O) groups is 1. The Hall–Kier alpha value is -1.73. The summed E-state index contributed by atoms with van der Waals surface area (Å²) in [6, 6.07) is 0. The lowest BCUT2D eigenvalue weighted by Crippen LogP contribution is -2.34. The minimum Gasteiger partial charge on any atom is -0.383 e. The van der Waals surface area contributed by atoms with Gasteiger partial charge in [-0.3, -0.25) is 4.79 Å². The van der Waals surface area contributed by atoms with E-state index in [2.05, 4.69) is 20.6 Å². The standard InChI is InChI=1S/C13H21N5O2/c1-20-6-4-14-7-11-8-16-13(17-9-11)18-5-2-3-15-12(19)10-18/h8-9,14H,2-7,10H2,1H3,(H,15,19). The predicted octanol–water partition coefficient (Wildman–Crippen LogP) is -0.461. The number of nitrogens with one attached hydrogen (secondary N) is 2. The summed E-state index contributed by atoms with van der Waals surface area (Å²) in [6.45, 7) is 4.03. The van der Waals surface area contributed by atoms with Gasteiger partial charge in [0.05, 0.1) is 13.2 Å². The summed E-state index contributed by atoms with van der Waals surface area (Å²) in [4.78, 5) is 22.1. The molecule has 2 N–H and O–H groups in total. The molecule has 1 amide bonds. The number of ether oxygens (including phenoxy) is 1. The van der Waals surface area contributed by atoms with Crippen LogP contribution in [0.5, 0.6) is 0 Å². The van der Waals surface area contributed by atoms with Crippen molar-refractivity contribution < 1.29 is 9.53 Å². The molecule has 7 heteroatoms. The minimum absolute atomic E-state index is 0.0245. The highest BCUT2D eigenvalue weighted by Crippen LogP contribution is 2.09. The van der Waals surface area contributed by atoms with Gasteiger partial charge in [0.25, 0.3) is 0 Å². The van der Waals surface area contributed by atoms with Crippen LogP contribution in [-0.2, 0) is 16.1 Å². The minimum atomic E-state index is 0.0245. The third kappa shape index (κ3) is 4.43. The maximum Gasteiger partial charge on any atom is 0.239 e. The summed E-state index contributed by atoms with van der Waals surface area (Å²) >= 11 is 0. The first-order valence-corrected chi connectivity index (χ1v) is 6.82. The molecule has 0 radical (unpaired) electrons. The molecule has 7 nitrogen and oxygen atoms in total. The number of carbonyl (C=O) groups excluding carboxylic acids is 1. The molecule has 1 aromatic heterocycles. The van der Waals surface area contributed by atoms with Gasteiger partial charge in [-0.15, -0.1) is 0 Å². The highest BCUT2D eigenvalue weighted by molar-refractivity contribution is 5.81. The Morgan fingerprint density at radius 2 is 2.25 bits per heavy atom. The molecular formula is C13H21N5O2. The molecule has 0 saturated carbocycles. The van der Waals surface area contributed by atoms with Gasteiger partial charge in [-0.25, -0.2) is 9.97 Å². The number of anilines is 1. The van der Waals surface area contributed by atoms with Crippen molar-refractivity contribution >= 4 is 11.9 Å². The molecule has 20 heavy (non-hydrogen) atoms. The zero-order valence-corrected chi connectivity index (χ0v) is 11.8. The molecule has 2 rings (SSSR count). The van der Waals surface area contributed by atoms with Crippen molar-refractivity contribution in [2.45, 2.75) is 13.0 Å². The molecule has 0 aromatic carbocycles. The van der Waals surface area contributed by atoms with Gasteiger partial charge in [-0.1, -0.05) is 0 Å². The van der Waals surface area contributed by atoms with Crippen LogP contribution in [0.4, 0.5) is 5.95 Å². The second-order valence-corrected chi connectivity index (χ2v) is 4.69. The van der Waals surface area contributed by atoms with E-state index in [-0.39, 0.29) is 5.91 Å². The van der Waals surface area contributed by atoms with Crippen molar-refractivity contribution in [3.63, 3.8) is 0 Å². The first kappa shape index (κ1) is 14.7. The lowest BCUT2D eigenvalue weighted by atomic mass is 10.3. The van der Waals surface area contributed by atoms with Crippen molar-refractivity contribution in [3.05, 3.63) is 18.0 Å². The number of rotatable bonds is 6. The third-order valence-corrected chi connectivity index (χ3v) is 3.05. The van der Waals surface area contributed by atoms with Crippen LogP contribution in [0.2, 0.25) is 0 Å². The molecule has 1 fully saturated rings. The predicted molar refractivity (Wildman–Crippen MR) is 75.5 cm³/mol. The fraction of sp³-hybridized carbons (Fsp3) is 0.615. The topological polar surface area (TPSA) is 79.4 Å². The fourth-order valence-electron chi connectivity index (χ4n) is 1.99. The quantitative estimate of drug-likeness (QED) is 0.686. The van der Waals surface area contributed by atoms with Crippen LogP contribution in [0.15, 0.2) is 12.4 Å². The van der Waals surface area contributed by atoms with E-state index in [4.69, 9.17) is 4.74 Å². The van der Waals surface area contributed by atoms with Crippen molar-refractivity contribution in [1.82, 2.24) is 20.6 Å². The van der Waals surface area contributed by atoms with E-state index in [1.54, 1.807) is 19.5 Å². The van der Waals surface area contributed by atoms with Crippen molar-refractivity contribution in [3.8, 4) is 0 Å². The van der Waals surface area contributed by atoms with E-state index in [0.717, 1.165) is 31.6 Å². The summed E-state index contributed by atoms with van der Waals surface area (Å²) in [6.07, 6.45) is 4.51. The summed E-state index contributed by atoms with van der Waals surface area (Å²) in [7, 11) is 1.68. The van der Waals surface area contributed by atoms with Crippen molar-refractivity contribution in [2.75, 3.05) is 44.8 Å². The van der Waals surface area contributed by atoms with E-state index < -0.39 is 0 Å². The second kappa shape index (κ2) is 7.76. The molecule has 0 atom stereocenters. The highest BCUT2D eigenvalue weighted by atomic mass is 16.5. The van der Waals surface area contributed by atoms with Crippen LogP contribution in [-0.4, -0.2) is 55.8 Å². The van der Waals surface area contributed by atoms with Crippen LogP contribution in [0.25, 0.3) is 0 Å². The molecule has 0 unspecified atom stereocenters. The average Bonchev–Trinajstić information content (AvgIpc) is 2.69. The Morgan fingerprint density at radius 1 is 1.45 bits per heavy atom. The van der Waals surface area contributed by atoms with Gasteiger partial charge < -0.3 is 20.3 Å². The van der Waals surface area contributed by atoms with Crippen LogP contribution in [0.3, 0.4) is 0 Å². The van der Waals surface area contributed by atoms with Gasteiger partial charge in [0.1, 0.15) is 0 Å². The van der Waals surface area contributed by atoms with Crippen LogP contribution in [0.1, 0.15) is 12.0 Å². The number of methoxy groups -OCH3 is 1. The summed E-state index contributed by atoms with van der Waals surface area (Å²) < 4.78 is 4.96. The van der Waals surface area contributed by atoms with Gasteiger partial charge in [0.2, 0.25) is 11.9 Å². The molecule has 1 aromatic rings. The fourth-order valence-corrected chi connectivity index (χ4v) is 1.99. The average molecular weight is 279 g/mol. The normalized spacial score (nSPS) is 15.8. The van der Waals surface area contributed by atoms with Gasteiger partial charge in [-0.05, 0) is 6.42 Å². The molecule has 2 heterocycles. The number of hydrogen-bond donors (Lipinski definition) is 2. The zero-order chi connectivity index (χ0) is 14.2. The molecule has 0 aliphatic carbocycles. The van der Waals surface area contributed by atoms with E-state index in [0.29, 0.717) is 25.6 Å². The van der Waals surface area contributed by atoms with Crippen molar-refractivity contribution in [1.29, 1.82) is 0 Å². The number of aromatic nitrogens is 2. The molecule has 0 bridgehead atoms. The first-order chi connectivity index (χ1) is 9.79. The zero-order valence-electron chi connectivity index (χ0n) is 11.8. The Balaban J connectivity index is 1.88. The lowest BCUT2D eigenvalue weighted by molar-refractivity contribution is -0.119. The summed E-state index contributed by atoms with van der Waals surface area (Å²) in [5.74, 6) is 0.638. The highest BCUT2D eigenvalue weighted by Gasteiger charge is 2.16. The molecule has 1 aliphatic rings. The molecular weight excluding hydrogens is 258 g/mol. The number of hydrogen-bond acceptors (Lipinski definition) is 6. The van der Waals surface area contributed by atoms with Gasteiger partial charge in [0.15, 0.2) is 0 Å². The number of nitrogens with zero attached hydrogens (tertiary/aromatic N) is 3. The Kier molecular flexibility index (Phi) is 5.69. The smallest absolute Gasteiger partial charge is 0.239 e. The monoisotopic (exact) mass is 279 g/mol. The maximum absolute atomic E-state index is 11.5. The van der Waals surface area contributed by atoms with Crippen molar-refractivity contribution in [2.24, 2.45) is 0 Å². The SMILES string of the molecule is COCCNCc1cnc(N2CCCNC(=O)C2)nc1. The first-order valence-electron chi connectivity index (χ1n) is 6.82. The molecule has 110 valence electrons. The van der Waals surface area contributed by atoms with Crippen LogP contribution < -0.4 is 15.5 Å². The molecule has 0 spiro atoms. The molecule has 1 saturated heterocycles. The van der Waals surface area contributed by atoms with Crippen LogP contribution in [0, 0.1) is 0 Å².